The molecule has 2 aromatic carbocycles. The van der Waals surface area contributed by atoms with Crippen LogP contribution in [-0.2, 0) is 4.74 Å². The van der Waals surface area contributed by atoms with Gasteiger partial charge in [-0.05, 0) is 18.2 Å². The van der Waals surface area contributed by atoms with Crippen LogP contribution in [-0.4, -0.2) is 37.6 Å². The highest BCUT2D eigenvalue weighted by Crippen LogP contribution is 2.41. The summed E-state index contributed by atoms with van der Waals surface area (Å²) in [5.41, 5.74) is 6.20. The highest BCUT2D eigenvalue weighted by molar-refractivity contribution is 6.33. The van der Waals surface area contributed by atoms with E-state index in [-0.39, 0.29) is 6.10 Å². The molecule has 1 saturated heterocycles. The normalized spacial score (nSPS) is 18.5. The largest absolute Gasteiger partial charge is 0.369 e. The van der Waals surface area contributed by atoms with Crippen molar-refractivity contribution < 1.29 is 4.74 Å². The number of benzene rings is 2. The molecule has 0 radical (unpaired) electrons. The van der Waals surface area contributed by atoms with E-state index in [0.717, 1.165) is 51.9 Å². The first-order chi connectivity index (χ1) is 14.3. The van der Waals surface area contributed by atoms with Gasteiger partial charge in [-0.3, -0.25) is 9.98 Å². The molecule has 1 fully saturated rings. The summed E-state index contributed by atoms with van der Waals surface area (Å²) in [7, 11) is 0. The summed E-state index contributed by atoms with van der Waals surface area (Å²) in [5.74, 6) is 0. The van der Waals surface area contributed by atoms with E-state index in [9.17, 15) is 0 Å². The van der Waals surface area contributed by atoms with Crippen LogP contribution in [0, 0.1) is 0 Å². The molecule has 2 aliphatic heterocycles. The molecule has 5 rings (SSSR count). The zero-order valence-electron chi connectivity index (χ0n) is 15.9. The maximum absolute atomic E-state index is 6.52. The van der Waals surface area contributed by atoms with E-state index < -0.39 is 0 Å². The number of pyridine rings is 1. The Bertz CT molecular complexity index is 1040. The highest BCUT2D eigenvalue weighted by atomic mass is 35.5. The standard InChI is InChI=1S/C23H21ClN4O/c24-20-7-2-1-5-18(20)19-6-3-4-16-12-26-15-28(23(16)19)17-8-9-21(27-13-17)22-14-25-10-11-29-22/h1-9,12-13,22,25H,10-11,14-15H2. The summed E-state index contributed by atoms with van der Waals surface area (Å²) in [5, 5.41) is 4.08. The Kier molecular flexibility index (Phi) is 5.02. The molecule has 5 nitrogen and oxygen atoms in total. The fourth-order valence-corrected chi connectivity index (χ4v) is 4.11. The smallest absolute Gasteiger partial charge is 0.115 e. The number of aliphatic imine (C=N–C) groups is 1. The predicted octanol–water partition coefficient (Wildman–Crippen LogP) is 4.59. The molecule has 29 heavy (non-hydrogen) atoms. The molecule has 1 unspecified atom stereocenters. The Morgan fingerprint density at radius 1 is 1.03 bits per heavy atom. The Balaban J connectivity index is 1.54. The van der Waals surface area contributed by atoms with Gasteiger partial charge in [0.25, 0.3) is 0 Å². The Morgan fingerprint density at radius 3 is 2.72 bits per heavy atom. The van der Waals surface area contributed by atoms with Crippen molar-refractivity contribution in [2.24, 2.45) is 4.99 Å². The number of halogens is 1. The van der Waals surface area contributed by atoms with Gasteiger partial charge in [-0.1, -0.05) is 48.0 Å². The van der Waals surface area contributed by atoms with Crippen LogP contribution < -0.4 is 10.2 Å². The number of ether oxygens (including phenoxy) is 1. The van der Waals surface area contributed by atoms with E-state index >= 15 is 0 Å². The zero-order valence-corrected chi connectivity index (χ0v) is 16.6. The summed E-state index contributed by atoms with van der Waals surface area (Å²) in [6, 6.07) is 18.3. The molecule has 6 heteroatoms. The minimum absolute atomic E-state index is 0.00292. The number of anilines is 2. The second kappa shape index (κ2) is 7.95. The first-order valence-electron chi connectivity index (χ1n) is 9.75. The topological polar surface area (TPSA) is 49.8 Å². The molecule has 3 aromatic rings. The van der Waals surface area contributed by atoms with Crippen LogP contribution in [0.25, 0.3) is 11.1 Å². The van der Waals surface area contributed by atoms with Gasteiger partial charge in [0.2, 0.25) is 0 Å². The van der Waals surface area contributed by atoms with Crippen LogP contribution in [0.4, 0.5) is 11.4 Å². The summed E-state index contributed by atoms with van der Waals surface area (Å²) in [6.07, 6.45) is 3.83. The Hall–Kier alpha value is -2.73. The van der Waals surface area contributed by atoms with E-state index in [2.05, 4.69) is 44.5 Å². The minimum atomic E-state index is 0.00292. The quantitative estimate of drug-likeness (QED) is 0.693. The van der Waals surface area contributed by atoms with Crippen LogP contribution in [0.15, 0.2) is 65.8 Å². The zero-order chi connectivity index (χ0) is 19.6. The van der Waals surface area contributed by atoms with Crippen molar-refractivity contribution >= 4 is 29.2 Å². The first-order valence-corrected chi connectivity index (χ1v) is 10.1. The monoisotopic (exact) mass is 404 g/mol. The Labute approximate surface area is 175 Å². The van der Waals surface area contributed by atoms with Crippen molar-refractivity contribution in [2.45, 2.75) is 6.10 Å². The van der Waals surface area contributed by atoms with Gasteiger partial charge >= 0.3 is 0 Å². The van der Waals surface area contributed by atoms with Gasteiger partial charge in [0.05, 0.1) is 29.9 Å². The van der Waals surface area contributed by atoms with E-state index in [4.69, 9.17) is 16.3 Å². The number of aromatic nitrogens is 1. The molecule has 1 atom stereocenters. The van der Waals surface area contributed by atoms with Crippen molar-refractivity contribution in [2.75, 3.05) is 31.3 Å². The van der Waals surface area contributed by atoms with Crippen LogP contribution in [0.1, 0.15) is 17.4 Å². The SMILES string of the molecule is Clc1ccccc1-c1cccc2c1N(c1ccc(C3CNCCO3)nc1)CN=C2. The molecule has 0 bridgehead atoms. The Morgan fingerprint density at radius 2 is 1.93 bits per heavy atom. The van der Waals surface area contributed by atoms with Crippen LogP contribution in [0.2, 0.25) is 5.02 Å². The number of fused-ring (bicyclic) bond motifs is 1. The van der Waals surface area contributed by atoms with Crippen molar-refractivity contribution in [3.05, 3.63) is 77.1 Å². The molecule has 146 valence electrons. The van der Waals surface area contributed by atoms with Gasteiger partial charge in [-0.25, -0.2) is 0 Å². The first kappa shape index (κ1) is 18.3. The van der Waals surface area contributed by atoms with Gasteiger partial charge < -0.3 is 15.0 Å². The van der Waals surface area contributed by atoms with E-state index in [0.29, 0.717) is 13.3 Å². The summed E-state index contributed by atoms with van der Waals surface area (Å²) in [4.78, 5) is 11.4. The van der Waals surface area contributed by atoms with Crippen molar-refractivity contribution in [1.29, 1.82) is 0 Å². The number of nitrogens with one attached hydrogen (secondary N) is 1. The third-order valence-electron chi connectivity index (χ3n) is 5.29. The summed E-state index contributed by atoms with van der Waals surface area (Å²) in [6.45, 7) is 2.93. The second-order valence-electron chi connectivity index (χ2n) is 7.11. The van der Waals surface area contributed by atoms with Crippen LogP contribution in [0.5, 0.6) is 0 Å². The number of nitrogens with zero attached hydrogens (tertiary/aromatic N) is 3. The molecule has 0 amide bonds. The van der Waals surface area contributed by atoms with Crippen LogP contribution in [0.3, 0.4) is 0 Å². The molecule has 0 saturated carbocycles. The average Bonchev–Trinajstić information content (AvgIpc) is 2.79. The van der Waals surface area contributed by atoms with Crippen LogP contribution >= 0.6 is 11.6 Å². The molecular formula is C23H21ClN4O. The van der Waals surface area contributed by atoms with Crippen molar-refractivity contribution in [3.63, 3.8) is 0 Å². The molecule has 3 heterocycles. The van der Waals surface area contributed by atoms with Crippen molar-refractivity contribution in [3.8, 4) is 11.1 Å². The molecule has 0 spiro atoms. The van der Waals surface area contributed by atoms with E-state index in [1.807, 2.05) is 42.7 Å². The molecule has 1 N–H and O–H groups in total. The third kappa shape index (κ3) is 3.53. The van der Waals surface area contributed by atoms with E-state index in [1.54, 1.807) is 0 Å². The predicted molar refractivity (Wildman–Crippen MR) is 117 cm³/mol. The number of para-hydroxylation sites is 1. The molecule has 0 aliphatic carbocycles. The number of hydrogen-bond acceptors (Lipinski definition) is 5. The van der Waals surface area contributed by atoms with Gasteiger partial charge in [0.15, 0.2) is 0 Å². The number of rotatable bonds is 3. The lowest BCUT2D eigenvalue weighted by atomic mass is 9.98. The summed E-state index contributed by atoms with van der Waals surface area (Å²) >= 11 is 6.52. The fourth-order valence-electron chi connectivity index (χ4n) is 3.87. The summed E-state index contributed by atoms with van der Waals surface area (Å²) < 4.78 is 5.82. The minimum Gasteiger partial charge on any atom is -0.369 e. The maximum Gasteiger partial charge on any atom is 0.115 e. The van der Waals surface area contributed by atoms with Gasteiger partial charge in [-0.2, -0.15) is 0 Å². The average molecular weight is 405 g/mol. The fraction of sp³-hybridized carbons (Fsp3) is 0.217. The van der Waals surface area contributed by atoms with Gasteiger partial charge in [0, 0.05) is 41.0 Å². The molecule has 2 aliphatic rings. The maximum atomic E-state index is 6.52. The third-order valence-corrected chi connectivity index (χ3v) is 5.62. The number of morpholine rings is 1. The number of hydrogen-bond donors (Lipinski definition) is 1. The van der Waals surface area contributed by atoms with Gasteiger partial charge in [0.1, 0.15) is 12.8 Å². The second-order valence-corrected chi connectivity index (χ2v) is 7.52. The lowest BCUT2D eigenvalue weighted by Gasteiger charge is -2.30. The molecule has 1 aromatic heterocycles. The van der Waals surface area contributed by atoms with Gasteiger partial charge in [-0.15, -0.1) is 0 Å². The van der Waals surface area contributed by atoms with E-state index in [1.165, 1.54) is 0 Å². The lowest BCUT2D eigenvalue weighted by molar-refractivity contribution is 0.0250. The highest BCUT2D eigenvalue weighted by Gasteiger charge is 2.22. The lowest BCUT2D eigenvalue weighted by Crippen LogP contribution is -2.33. The van der Waals surface area contributed by atoms with Crippen molar-refractivity contribution in [1.82, 2.24) is 10.3 Å². The molecular weight excluding hydrogens is 384 g/mol.